The normalized spacial score (nSPS) is 12.6. The summed E-state index contributed by atoms with van der Waals surface area (Å²) < 4.78 is 37.1. The molecular weight excluding hydrogens is 378 g/mol. The summed E-state index contributed by atoms with van der Waals surface area (Å²) in [7, 11) is 1.38. The summed E-state index contributed by atoms with van der Waals surface area (Å²) in [5.41, 5.74) is 2.92. The van der Waals surface area contributed by atoms with E-state index in [1.54, 1.807) is 28.3 Å². The van der Waals surface area contributed by atoms with Crippen LogP contribution in [-0.4, -0.2) is 34.3 Å². The van der Waals surface area contributed by atoms with Gasteiger partial charge in [-0.1, -0.05) is 0 Å². The number of benzene rings is 1. The van der Waals surface area contributed by atoms with E-state index >= 15 is 0 Å². The summed E-state index contributed by atoms with van der Waals surface area (Å²) in [5, 5.41) is 12.0. The Morgan fingerprint density at radius 3 is 2.74 bits per heavy atom. The van der Waals surface area contributed by atoms with Crippen LogP contribution >= 0.6 is 11.3 Å². The minimum Gasteiger partial charge on any atom is -0.493 e. The van der Waals surface area contributed by atoms with Crippen molar-refractivity contribution in [2.45, 2.75) is 19.6 Å². The summed E-state index contributed by atoms with van der Waals surface area (Å²) >= 11 is 1.38. The fourth-order valence-corrected chi connectivity index (χ4v) is 4.03. The van der Waals surface area contributed by atoms with Crippen molar-refractivity contribution >= 4 is 17.3 Å². The molecule has 140 valence electrons. The molecule has 27 heavy (non-hydrogen) atoms. The Balaban J connectivity index is 1.97. The molecule has 0 aliphatic carbocycles. The second kappa shape index (κ2) is 6.66. The van der Waals surface area contributed by atoms with Crippen LogP contribution in [0.2, 0.25) is 0 Å². The van der Waals surface area contributed by atoms with E-state index < -0.39 is 12.6 Å². The van der Waals surface area contributed by atoms with Crippen LogP contribution < -0.4 is 9.47 Å². The molecule has 0 atom stereocenters. The lowest BCUT2D eigenvalue weighted by Gasteiger charge is -2.23. The number of halogens is 2. The molecule has 1 aromatic carbocycles. The summed E-state index contributed by atoms with van der Waals surface area (Å²) in [6, 6.07) is 4.72. The van der Waals surface area contributed by atoms with Crippen LogP contribution in [0.25, 0.3) is 21.8 Å². The molecule has 3 heterocycles. The van der Waals surface area contributed by atoms with Crippen LogP contribution in [0.3, 0.4) is 0 Å². The van der Waals surface area contributed by atoms with E-state index in [0.29, 0.717) is 34.8 Å². The van der Waals surface area contributed by atoms with E-state index in [9.17, 15) is 18.7 Å². The van der Waals surface area contributed by atoms with E-state index in [-0.39, 0.29) is 17.2 Å². The van der Waals surface area contributed by atoms with Crippen LogP contribution in [0.4, 0.5) is 8.78 Å². The van der Waals surface area contributed by atoms with Gasteiger partial charge >= 0.3 is 12.6 Å². The van der Waals surface area contributed by atoms with Gasteiger partial charge in [0.2, 0.25) is 0 Å². The first-order valence-electron chi connectivity index (χ1n) is 8.02. The first-order valence-corrected chi connectivity index (χ1v) is 8.90. The predicted molar refractivity (Wildman–Crippen MR) is 94.8 cm³/mol. The summed E-state index contributed by atoms with van der Waals surface area (Å²) in [6.07, 6.45) is 2.17. The number of thiazole rings is 1. The number of methoxy groups -OCH3 is 1. The van der Waals surface area contributed by atoms with Gasteiger partial charge < -0.3 is 19.1 Å². The summed E-state index contributed by atoms with van der Waals surface area (Å²) in [6.45, 7) is -2.55. The van der Waals surface area contributed by atoms with Crippen molar-refractivity contribution in [1.82, 2.24) is 9.55 Å². The quantitative estimate of drug-likeness (QED) is 0.706. The van der Waals surface area contributed by atoms with E-state index in [4.69, 9.17) is 4.74 Å². The Bertz CT molecular complexity index is 1020. The molecule has 0 spiro atoms. The molecule has 9 heteroatoms. The van der Waals surface area contributed by atoms with Gasteiger partial charge in [0.1, 0.15) is 10.7 Å². The number of rotatable bonds is 5. The highest BCUT2D eigenvalue weighted by Gasteiger charge is 2.29. The van der Waals surface area contributed by atoms with Gasteiger partial charge in [-0.2, -0.15) is 8.78 Å². The number of alkyl halides is 2. The Hall–Kier alpha value is -2.94. The van der Waals surface area contributed by atoms with Crippen molar-refractivity contribution in [2.24, 2.45) is 0 Å². The van der Waals surface area contributed by atoms with E-state index in [1.807, 2.05) is 0 Å². The number of hydrogen-bond acceptors (Lipinski definition) is 5. The Labute approximate surface area is 156 Å². The molecule has 1 aliphatic heterocycles. The number of hydrogen-bond donors (Lipinski definition) is 1. The molecule has 0 saturated heterocycles. The number of aromatic carboxylic acids is 1. The van der Waals surface area contributed by atoms with Crippen LogP contribution in [0.1, 0.15) is 16.1 Å². The number of fused-ring (bicyclic) bond motifs is 3. The summed E-state index contributed by atoms with van der Waals surface area (Å²) in [4.78, 5) is 16.0. The van der Waals surface area contributed by atoms with Gasteiger partial charge in [-0.25, -0.2) is 9.78 Å². The third-order valence-electron chi connectivity index (χ3n) is 4.44. The molecule has 0 unspecified atom stereocenters. The first-order chi connectivity index (χ1) is 13.0. The lowest BCUT2D eigenvalue weighted by Crippen LogP contribution is -2.16. The second-order valence-corrected chi connectivity index (χ2v) is 6.77. The van der Waals surface area contributed by atoms with Gasteiger partial charge in [-0.05, 0) is 30.2 Å². The van der Waals surface area contributed by atoms with Crippen molar-refractivity contribution in [2.75, 3.05) is 7.11 Å². The van der Waals surface area contributed by atoms with Crippen molar-refractivity contribution in [3.8, 4) is 33.3 Å². The van der Waals surface area contributed by atoms with E-state index in [2.05, 4.69) is 9.72 Å². The van der Waals surface area contributed by atoms with Crippen LogP contribution in [-0.2, 0) is 13.0 Å². The molecule has 4 rings (SSSR count). The zero-order valence-corrected chi connectivity index (χ0v) is 14.9. The Morgan fingerprint density at radius 1 is 1.30 bits per heavy atom. The average molecular weight is 392 g/mol. The largest absolute Gasteiger partial charge is 0.493 e. The highest BCUT2D eigenvalue weighted by Crippen LogP contribution is 2.44. The average Bonchev–Trinajstić information content (AvgIpc) is 3.28. The molecular formula is C18H14F2N2O4S. The van der Waals surface area contributed by atoms with Crippen LogP contribution in [0, 0.1) is 0 Å². The molecule has 0 fully saturated rings. The standard InChI is InChI=1S/C18H14F2N2O4S/c1-25-13-6-9-2-4-22-12(17(23)24)7-11(16-21-3-5-27-16)15(22)10(9)8-14(13)26-18(19)20/h3,5-8,18H,2,4H2,1H3,(H,23,24). The number of carbonyl (C=O) groups is 1. The smallest absolute Gasteiger partial charge is 0.387 e. The molecule has 2 aromatic heterocycles. The molecule has 0 radical (unpaired) electrons. The van der Waals surface area contributed by atoms with Crippen molar-refractivity contribution in [3.05, 3.63) is 41.0 Å². The highest BCUT2D eigenvalue weighted by atomic mass is 32.1. The van der Waals surface area contributed by atoms with Gasteiger partial charge in [0.25, 0.3) is 0 Å². The third kappa shape index (κ3) is 2.93. The molecule has 1 N–H and O–H groups in total. The van der Waals surface area contributed by atoms with Gasteiger partial charge in [0, 0.05) is 29.2 Å². The third-order valence-corrected chi connectivity index (χ3v) is 5.25. The maximum absolute atomic E-state index is 12.8. The van der Waals surface area contributed by atoms with Gasteiger partial charge in [0.05, 0.1) is 12.8 Å². The first kappa shape index (κ1) is 17.5. The molecule has 1 aliphatic rings. The topological polar surface area (TPSA) is 73.6 Å². The van der Waals surface area contributed by atoms with Gasteiger partial charge in [-0.15, -0.1) is 11.3 Å². The van der Waals surface area contributed by atoms with Gasteiger partial charge in [0.15, 0.2) is 11.5 Å². The second-order valence-electron chi connectivity index (χ2n) is 5.87. The Morgan fingerprint density at radius 2 is 2.11 bits per heavy atom. The molecule has 6 nitrogen and oxygen atoms in total. The number of nitrogens with zero attached hydrogens (tertiary/aromatic N) is 2. The lowest BCUT2D eigenvalue weighted by molar-refractivity contribution is -0.0512. The highest BCUT2D eigenvalue weighted by molar-refractivity contribution is 7.13. The molecule has 0 bridgehead atoms. The minimum absolute atomic E-state index is 0.0946. The minimum atomic E-state index is -3.00. The fraction of sp³-hybridized carbons (Fsp3) is 0.222. The maximum Gasteiger partial charge on any atom is 0.387 e. The zero-order chi connectivity index (χ0) is 19.1. The Kier molecular flexibility index (Phi) is 4.31. The number of carboxylic acids is 1. The number of ether oxygens (including phenoxy) is 2. The van der Waals surface area contributed by atoms with Crippen molar-refractivity contribution in [3.63, 3.8) is 0 Å². The van der Waals surface area contributed by atoms with Crippen LogP contribution in [0.5, 0.6) is 11.5 Å². The number of aromatic nitrogens is 2. The van der Waals surface area contributed by atoms with E-state index in [1.165, 1.54) is 24.5 Å². The van der Waals surface area contributed by atoms with E-state index in [0.717, 1.165) is 5.56 Å². The molecule has 0 amide bonds. The van der Waals surface area contributed by atoms with Crippen molar-refractivity contribution in [1.29, 1.82) is 0 Å². The number of aryl methyl sites for hydroxylation is 1. The molecule has 0 saturated carbocycles. The maximum atomic E-state index is 12.8. The summed E-state index contributed by atoms with van der Waals surface area (Å²) in [5.74, 6) is -0.939. The van der Waals surface area contributed by atoms with Crippen molar-refractivity contribution < 1.29 is 28.2 Å². The zero-order valence-electron chi connectivity index (χ0n) is 14.1. The lowest BCUT2D eigenvalue weighted by atomic mass is 9.95. The monoisotopic (exact) mass is 392 g/mol. The molecule has 3 aromatic rings. The predicted octanol–water partition coefficient (Wildman–Crippen LogP) is 4.14. The van der Waals surface area contributed by atoms with Gasteiger partial charge in [-0.3, -0.25) is 0 Å². The fourth-order valence-electron chi connectivity index (χ4n) is 3.38. The number of carboxylic acid groups (broad SMARTS) is 1. The SMILES string of the molecule is COc1cc2c(cc1OC(F)F)-c1c(-c3nccs3)cc(C(=O)O)n1CC2. The van der Waals surface area contributed by atoms with Crippen LogP contribution in [0.15, 0.2) is 29.8 Å².